The van der Waals surface area contributed by atoms with Crippen LogP contribution in [0.3, 0.4) is 0 Å². The van der Waals surface area contributed by atoms with Crippen molar-refractivity contribution in [2.45, 2.75) is 38.8 Å². The molecule has 1 unspecified atom stereocenters. The van der Waals surface area contributed by atoms with E-state index in [2.05, 4.69) is 26.2 Å². The van der Waals surface area contributed by atoms with Gasteiger partial charge in [0.1, 0.15) is 16.7 Å². The molecule has 0 saturated carbocycles. The van der Waals surface area contributed by atoms with Crippen molar-refractivity contribution in [3.63, 3.8) is 0 Å². The molecule has 1 heterocycles. The fraction of sp³-hybridized carbons (Fsp3) is 0.429. The Morgan fingerprint density at radius 3 is 2.47 bits per heavy atom. The van der Waals surface area contributed by atoms with E-state index in [4.69, 9.17) is 4.74 Å². The molecule has 1 aliphatic heterocycles. The van der Waals surface area contributed by atoms with Crippen molar-refractivity contribution >= 4 is 39.7 Å². The minimum atomic E-state index is -1.35. The largest absolute Gasteiger partial charge is 0.442 e. The van der Waals surface area contributed by atoms with Gasteiger partial charge in [-0.15, -0.1) is 4.99 Å². The minimum Gasteiger partial charge on any atom is -0.442 e. The highest BCUT2D eigenvalue weighted by Gasteiger charge is 2.45. The van der Waals surface area contributed by atoms with Crippen molar-refractivity contribution in [3.05, 3.63) is 46.1 Å². The number of amides is 2. The molecule has 8 nitrogen and oxygen atoms in total. The van der Waals surface area contributed by atoms with E-state index >= 15 is 0 Å². The van der Waals surface area contributed by atoms with Gasteiger partial charge in [-0.25, -0.2) is 4.79 Å². The van der Waals surface area contributed by atoms with Crippen LogP contribution in [0.4, 0.5) is 4.79 Å². The number of aliphatic imine (C=N–C) groups is 1. The number of ether oxygens (including phenoxy) is 1. The Balaban J connectivity index is 2.67. The van der Waals surface area contributed by atoms with Crippen molar-refractivity contribution in [2.24, 2.45) is 4.99 Å². The standard InChI is InChI=1S/C21H27BrN4O4/c1-20(2,3)30-19(29)23-18-24-21(4,13-9-8-10-14(22)11-13)16(27)15(12-25(5)6)17(28)26(18)7/h8-12H,1-7H3,(H,23,24,29)/b15-12-. The normalized spacial score (nSPS) is 22.7. The zero-order valence-corrected chi connectivity index (χ0v) is 19.8. The molecule has 1 aromatic carbocycles. The highest BCUT2D eigenvalue weighted by molar-refractivity contribution is 9.10. The molecule has 1 aliphatic rings. The maximum atomic E-state index is 13.5. The van der Waals surface area contributed by atoms with Crippen LogP contribution in [0.1, 0.15) is 33.3 Å². The first-order chi connectivity index (χ1) is 13.7. The quantitative estimate of drug-likeness (QED) is 0.518. The van der Waals surface area contributed by atoms with Crippen LogP contribution in [0, 0.1) is 0 Å². The van der Waals surface area contributed by atoms with E-state index in [1.54, 1.807) is 64.9 Å². The number of nitrogens with zero attached hydrogens (tertiary/aromatic N) is 3. The third kappa shape index (κ3) is 5.27. The van der Waals surface area contributed by atoms with Crippen LogP contribution < -0.4 is 5.32 Å². The van der Waals surface area contributed by atoms with Gasteiger partial charge in [-0.1, -0.05) is 28.1 Å². The summed E-state index contributed by atoms with van der Waals surface area (Å²) >= 11 is 3.42. The molecule has 9 heteroatoms. The average molecular weight is 479 g/mol. The molecule has 1 fully saturated rings. The first-order valence-corrected chi connectivity index (χ1v) is 10.1. The zero-order chi connectivity index (χ0) is 22.9. The highest BCUT2D eigenvalue weighted by Crippen LogP contribution is 2.30. The number of Topliss-reactive ketones (excluding diaryl/α,β-unsaturated/α-hetero) is 1. The van der Waals surface area contributed by atoms with Crippen molar-refractivity contribution in [1.82, 2.24) is 15.1 Å². The number of hydrogen-bond acceptors (Lipinski definition) is 5. The molecule has 30 heavy (non-hydrogen) atoms. The molecule has 1 atom stereocenters. The molecule has 1 N–H and O–H groups in total. The Labute approximate surface area is 185 Å². The summed E-state index contributed by atoms with van der Waals surface area (Å²) in [6.45, 7) is 6.80. The fourth-order valence-corrected chi connectivity index (χ4v) is 3.26. The summed E-state index contributed by atoms with van der Waals surface area (Å²) in [4.78, 5) is 45.7. The Hall–Kier alpha value is -2.68. The molecule has 0 spiro atoms. The van der Waals surface area contributed by atoms with Gasteiger partial charge in [-0.2, -0.15) is 0 Å². The summed E-state index contributed by atoms with van der Waals surface area (Å²) in [6, 6.07) is 7.16. The van der Waals surface area contributed by atoms with Crippen LogP contribution in [0.2, 0.25) is 0 Å². The van der Waals surface area contributed by atoms with Gasteiger partial charge in [0.15, 0.2) is 5.78 Å². The molecular weight excluding hydrogens is 452 g/mol. The molecule has 0 aromatic heterocycles. The first-order valence-electron chi connectivity index (χ1n) is 9.31. The lowest BCUT2D eigenvalue weighted by molar-refractivity contribution is -0.127. The molecule has 1 saturated heterocycles. The first kappa shape index (κ1) is 23.6. The van der Waals surface area contributed by atoms with Gasteiger partial charge in [0.25, 0.3) is 5.91 Å². The van der Waals surface area contributed by atoms with Gasteiger partial charge < -0.3 is 15.0 Å². The smallest absolute Gasteiger partial charge is 0.437 e. The lowest BCUT2D eigenvalue weighted by Crippen LogP contribution is -2.51. The predicted octanol–water partition coefficient (Wildman–Crippen LogP) is 3.03. The van der Waals surface area contributed by atoms with Crippen molar-refractivity contribution in [2.75, 3.05) is 21.1 Å². The third-order valence-corrected chi connectivity index (χ3v) is 4.79. The van der Waals surface area contributed by atoms with Gasteiger partial charge in [-0.05, 0) is 45.4 Å². The van der Waals surface area contributed by atoms with Gasteiger partial charge in [0.2, 0.25) is 5.96 Å². The predicted molar refractivity (Wildman–Crippen MR) is 118 cm³/mol. The highest BCUT2D eigenvalue weighted by atomic mass is 79.9. The maximum absolute atomic E-state index is 13.5. The minimum absolute atomic E-state index is 0.0353. The zero-order valence-electron chi connectivity index (χ0n) is 18.2. The summed E-state index contributed by atoms with van der Waals surface area (Å²) in [6.07, 6.45) is 0.601. The number of ketones is 1. The van der Waals surface area contributed by atoms with Crippen LogP contribution in [0.5, 0.6) is 0 Å². The summed E-state index contributed by atoms with van der Waals surface area (Å²) in [5, 5.41) is 3.01. The Morgan fingerprint density at radius 2 is 1.93 bits per heavy atom. The molecule has 1 aromatic rings. The summed E-state index contributed by atoms with van der Waals surface area (Å²) in [5.74, 6) is -1.10. The number of carbonyl (C=O) groups is 3. The van der Waals surface area contributed by atoms with Gasteiger partial charge in [0.05, 0.1) is 0 Å². The second-order valence-electron chi connectivity index (χ2n) is 8.38. The van der Waals surface area contributed by atoms with E-state index in [0.29, 0.717) is 5.56 Å². The number of halogens is 1. The summed E-state index contributed by atoms with van der Waals surface area (Å²) in [7, 11) is 4.89. The molecule has 0 aliphatic carbocycles. The van der Waals surface area contributed by atoms with E-state index in [1.165, 1.54) is 13.2 Å². The van der Waals surface area contributed by atoms with Crippen LogP contribution in [-0.2, 0) is 19.9 Å². The van der Waals surface area contributed by atoms with Crippen molar-refractivity contribution in [3.8, 4) is 0 Å². The van der Waals surface area contributed by atoms with E-state index in [0.717, 1.165) is 9.37 Å². The van der Waals surface area contributed by atoms with Gasteiger partial charge in [-0.3, -0.25) is 14.5 Å². The summed E-state index contributed by atoms with van der Waals surface area (Å²) < 4.78 is 6.02. The van der Waals surface area contributed by atoms with E-state index in [-0.39, 0.29) is 11.5 Å². The van der Waals surface area contributed by atoms with Crippen LogP contribution in [0.15, 0.2) is 45.5 Å². The number of benzene rings is 1. The average Bonchev–Trinajstić information content (AvgIpc) is 2.67. The number of nitrogens with one attached hydrogen (secondary N) is 1. The lowest BCUT2D eigenvalue weighted by atomic mass is 9.84. The van der Waals surface area contributed by atoms with Gasteiger partial charge in [0, 0.05) is 31.8 Å². The van der Waals surface area contributed by atoms with Crippen molar-refractivity contribution < 1.29 is 19.1 Å². The second-order valence-corrected chi connectivity index (χ2v) is 9.29. The van der Waals surface area contributed by atoms with E-state index < -0.39 is 28.9 Å². The van der Waals surface area contributed by atoms with E-state index in [1.807, 2.05) is 6.07 Å². The molecule has 2 rings (SSSR count). The Morgan fingerprint density at radius 1 is 1.30 bits per heavy atom. The number of hydrogen-bond donors (Lipinski definition) is 1. The number of guanidine groups is 1. The van der Waals surface area contributed by atoms with Crippen LogP contribution in [0.25, 0.3) is 0 Å². The van der Waals surface area contributed by atoms with E-state index in [9.17, 15) is 14.4 Å². The second kappa shape index (κ2) is 8.59. The molecule has 162 valence electrons. The number of rotatable bonds is 2. The lowest BCUT2D eigenvalue weighted by Gasteiger charge is -2.30. The molecule has 2 amide bonds. The Kier molecular flexibility index (Phi) is 6.76. The summed E-state index contributed by atoms with van der Waals surface area (Å²) in [5.41, 5.74) is -1.54. The number of carbonyl (C=O) groups excluding carboxylic acids is 3. The Bertz CT molecular complexity index is 933. The van der Waals surface area contributed by atoms with Crippen LogP contribution >= 0.6 is 15.9 Å². The molecule has 0 radical (unpaired) electrons. The fourth-order valence-electron chi connectivity index (χ4n) is 2.86. The molecular formula is C21H27BrN4O4. The third-order valence-electron chi connectivity index (χ3n) is 4.29. The topological polar surface area (TPSA) is 91.3 Å². The monoisotopic (exact) mass is 478 g/mol. The van der Waals surface area contributed by atoms with Gasteiger partial charge >= 0.3 is 6.09 Å². The van der Waals surface area contributed by atoms with Crippen LogP contribution in [-0.4, -0.2) is 60.3 Å². The SMILES string of the molecule is CN(C)/C=C1\C(=O)N(C)/C(=N\C(=O)OC(C)(C)C)NC(C)(c2cccc(Br)c2)C1=O. The number of likely N-dealkylation sites (N-methyl/N-ethyl adjacent to an activating group) is 1. The van der Waals surface area contributed by atoms with Crippen molar-refractivity contribution in [1.29, 1.82) is 0 Å². The molecule has 0 bridgehead atoms. The maximum Gasteiger partial charge on any atom is 0.437 e.